The first kappa shape index (κ1) is 14.3. The molecule has 1 unspecified atom stereocenters. The first-order valence-corrected chi connectivity index (χ1v) is 8.28. The van der Waals surface area contributed by atoms with Gasteiger partial charge in [0.1, 0.15) is 11.0 Å². The van der Waals surface area contributed by atoms with Crippen LogP contribution in [0.3, 0.4) is 0 Å². The number of anilines is 1. The van der Waals surface area contributed by atoms with Gasteiger partial charge in [0.15, 0.2) is 0 Å². The van der Waals surface area contributed by atoms with E-state index in [-0.39, 0.29) is 0 Å². The molecule has 0 aliphatic carbocycles. The van der Waals surface area contributed by atoms with Crippen LogP contribution in [0.1, 0.15) is 19.8 Å². The van der Waals surface area contributed by atoms with Gasteiger partial charge in [-0.2, -0.15) is 8.75 Å². The molecule has 3 rings (SSSR count). The summed E-state index contributed by atoms with van der Waals surface area (Å²) < 4.78 is 8.63. The van der Waals surface area contributed by atoms with Crippen molar-refractivity contribution in [1.82, 2.24) is 14.1 Å². The molecule has 4 nitrogen and oxygen atoms in total. The van der Waals surface area contributed by atoms with E-state index in [1.807, 2.05) is 0 Å². The summed E-state index contributed by atoms with van der Waals surface area (Å²) in [6, 6.07) is 2.29. The smallest absolute Gasteiger partial charge is 0.131 e. The zero-order chi connectivity index (χ0) is 14.1. The predicted molar refractivity (Wildman–Crippen MR) is 86.3 cm³/mol. The zero-order valence-corrected chi connectivity index (χ0v) is 13.5. The van der Waals surface area contributed by atoms with Crippen LogP contribution in [-0.2, 0) is 0 Å². The summed E-state index contributed by atoms with van der Waals surface area (Å²) in [5.74, 6) is 0. The summed E-state index contributed by atoms with van der Waals surface area (Å²) in [6.07, 6.45) is 2.27. The Hall–Kier alpha value is -0.620. The Morgan fingerprint density at radius 1 is 1.35 bits per heavy atom. The minimum atomic E-state index is 0.517. The molecule has 20 heavy (non-hydrogen) atoms. The maximum absolute atomic E-state index is 6.39. The molecule has 1 aliphatic rings. The van der Waals surface area contributed by atoms with Gasteiger partial charge in [-0.3, -0.25) is 0 Å². The molecule has 1 atom stereocenters. The Bertz CT molecular complexity index is 616. The molecule has 2 aromatic rings. The van der Waals surface area contributed by atoms with Gasteiger partial charge in [-0.15, -0.1) is 0 Å². The van der Waals surface area contributed by atoms with Crippen LogP contribution in [0.15, 0.2) is 6.07 Å². The molecular formula is C13H16Cl2N4S. The molecule has 7 heteroatoms. The Kier molecular flexibility index (Phi) is 4.31. The highest BCUT2D eigenvalue weighted by molar-refractivity contribution is 7.00. The third-order valence-electron chi connectivity index (χ3n) is 3.61. The minimum Gasteiger partial charge on any atom is -0.367 e. The van der Waals surface area contributed by atoms with E-state index >= 15 is 0 Å². The maximum atomic E-state index is 6.39. The number of fused-ring (bicyclic) bond motifs is 1. The molecule has 0 bridgehead atoms. The monoisotopic (exact) mass is 330 g/mol. The van der Waals surface area contributed by atoms with Crippen molar-refractivity contribution in [2.24, 2.45) is 0 Å². The molecule has 2 heterocycles. The second-order valence-electron chi connectivity index (χ2n) is 5.04. The molecule has 1 aromatic heterocycles. The number of halogens is 2. The van der Waals surface area contributed by atoms with Crippen molar-refractivity contribution in [3.05, 3.63) is 16.1 Å². The lowest BCUT2D eigenvalue weighted by atomic mass is 10.2. The molecule has 1 N–H and O–H groups in total. The van der Waals surface area contributed by atoms with Crippen molar-refractivity contribution in [2.75, 3.05) is 24.5 Å². The molecule has 1 aliphatic heterocycles. The molecular weight excluding hydrogens is 315 g/mol. The van der Waals surface area contributed by atoms with Gasteiger partial charge >= 0.3 is 0 Å². The molecule has 0 amide bonds. The quantitative estimate of drug-likeness (QED) is 0.930. The highest BCUT2D eigenvalue weighted by atomic mass is 35.5. The van der Waals surface area contributed by atoms with Crippen LogP contribution in [0.25, 0.3) is 11.0 Å². The third kappa shape index (κ3) is 2.60. The van der Waals surface area contributed by atoms with E-state index in [0.717, 1.165) is 49.2 Å². The van der Waals surface area contributed by atoms with Gasteiger partial charge in [-0.25, -0.2) is 0 Å². The summed E-state index contributed by atoms with van der Waals surface area (Å²) in [4.78, 5) is 2.29. The van der Waals surface area contributed by atoms with Crippen LogP contribution in [0.5, 0.6) is 0 Å². The summed E-state index contributed by atoms with van der Waals surface area (Å²) in [7, 11) is 0. The van der Waals surface area contributed by atoms with Crippen LogP contribution in [0.4, 0.5) is 5.69 Å². The molecule has 1 fully saturated rings. The molecule has 108 valence electrons. The number of nitrogens with zero attached hydrogens (tertiary/aromatic N) is 3. The number of nitrogens with one attached hydrogen (secondary N) is 1. The first-order chi connectivity index (χ1) is 9.70. The number of hydrogen-bond donors (Lipinski definition) is 1. The van der Waals surface area contributed by atoms with Gasteiger partial charge < -0.3 is 10.2 Å². The van der Waals surface area contributed by atoms with Crippen LogP contribution < -0.4 is 10.2 Å². The first-order valence-electron chi connectivity index (χ1n) is 6.79. The van der Waals surface area contributed by atoms with Crippen LogP contribution >= 0.6 is 34.9 Å². The standard InChI is InChI=1S/C13H16Cl2N4S/c1-2-4-16-8-3-5-19(7-8)13-10(15)6-9(14)11-12(13)18-20-17-11/h6,8,16H,2-5,7H2,1H3. The number of rotatable bonds is 4. The zero-order valence-electron chi connectivity index (χ0n) is 11.2. The Morgan fingerprint density at radius 3 is 2.95 bits per heavy atom. The van der Waals surface area contributed by atoms with Crippen LogP contribution in [-0.4, -0.2) is 34.4 Å². The fraction of sp³-hybridized carbons (Fsp3) is 0.538. The molecule has 1 aromatic carbocycles. The van der Waals surface area contributed by atoms with E-state index < -0.39 is 0 Å². The number of hydrogen-bond acceptors (Lipinski definition) is 5. The highest BCUT2D eigenvalue weighted by Gasteiger charge is 2.26. The largest absolute Gasteiger partial charge is 0.367 e. The fourth-order valence-corrected chi connectivity index (χ4v) is 3.87. The SMILES string of the molecule is CCCNC1CCN(c2c(Cl)cc(Cl)c3nsnc23)C1. The number of aromatic nitrogens is 2. The Labute approximate surface area is 132 Å². The summed E-state index contributed by atoms with van der Waals surface area (Å²) >= 11 is 13.7. The van der Waals surface area contributed by atoms with Crippen molar-refractivity contribution < 1.29 is 0 Å². The van der Waals surface area contributed by atoms with Gasteiger partial charge in [0.05, 0.1) is 27.5 Å². The molecule has 1 saturated heterocycles. The highest BCUT2D eigenvalue weighted by Crippen LogP contribution is 2.38. The van der Waals surface area contributed by atoms with E-state index in [1.54, 1.807) is 6.07 Å². The minimum absolute atomic E-state index is 0.517. The van der Waals surface area contributed by atoms with Crippen molar-refractivity contribution in [2.45, 2.75) is 25.8 Å². The predicted octanol–water partition coefficient (Wildman–Crippen LogP) is 3.58. The average Bonchev–Trinajstić information content (AvgIpc) is 3.05. The van der Waals surface area contributed by atoms with E-state index in [2.05, 4.69) is 25.9 Å². The maximum Gasteiger partial charge on any atom is 0.131 e. The lowest BCUT2D eigenvalue weighted by Gasteiger charge is -2.21. The molecule has 0 saturated carbocycles. The summed E-state index contributed by atoms with van der Waals surface area (Å²) in [5, 5.41) is 4.79. The Balaban J connectivity index is 1.89. The second kappa shape index (κ2) is 6.02. The van der Waals surface area contributed by atoms with Gasteiger partial charge in [-0.05, 0) is 25.5 Å². The summed E-state index contributed by atoms with van der Waals surface area (Å²) in [5.41, 5.74) is 2.55. The molecule has 0 radical (unpaired) electrons. The van der Waals surface area contributed by atoms with Gasteiger partial charge in [0, 0.05) is 19.1 Å². The second-order valence-corrected chi connectivity index (χ2v) is 6.38. The van der Waals surface area contributed by atoms with Crippen LogP contribution in [0, 0.1) is 0 Å². The van der Waals surface area contributed by atoms with Crippen molar-refractivity contribution in [3.8, 4) is 0 Å². The normalized spacial score (nSPS) is 19.1. The van der Waals surface area contributed by atoms with E-state index in [9.17, 15) is 0 Å². The average molecular weight is 331 g/mol. The van der Waals surface area contributed by atoms with Crippen molar-refractivity contribution in [3.63, 3.8) is 0 Å². The third-order valence-corrected chi connectivity index (χ3v) is 4.71. The van der Waals surface area contributed by atoms with Gasteiger partial charge in [0.25, 0.3) is 0 Å². The van der Waals surface area contributed by atoms with E-state index in [4.69, 9.17) is 23.2 Å². The van der Waals surface area contributed by atoms with Gasteiger partial charge in [-0.1, -0.05) is 30.1 Å². The molecule has 0 spiro atoms. The van der Waals surface area contributed by atoms with Crippen molar-refractivity contribution >= 4 is 51.7 Å². The lowest BCUT2D eigenvalue weighted by Crippen LogP contribution is -2.33. The van der Waals surface area contributed by atoms with Crippen molar-refractivity contribution in [1.29, 1.82) is 0 Å². The topological polar surface area (TPSA) is 41.0 Å². The lowest BCUT2D eigenvalue weighted by molar-refractivity contribution is 0.549. The van der Waals surface area contributed by atoms with Gasteiger partial charge in [0.2, 0.25) is 0 Å². The number of benzene rings is 1. The van der Waals surface area contributed by atoms with E-state index in [1.165, 1.54) is 11.7 Å². The van der Waals surface area contributed by atoms with Crippen LogP contribution in [0.2, 0.25) is 10.0 Å². The summed E-state index contributed by atoms with van der Waals surface area (Å²) in [6.45, 7) is 5.17. The van der Waals surface area contributed by atoms with E-state index in [0.29, 0.717) is 16.1 Å². The Morgan fingerprint density at radius 2 is 2.15 bits per heavy atom. The fourth-order valence-electron chi connectivity index (χ4n) is 2.64.